The molecule has 1 N–H and O–H groups in total. The number of Topliss-reactive ketones (excluding diaryl/α,β-unsaturated/α-hetero) is 1. The number of aryl methyl sites for hydroxylation is 1. The van der Waals surface area contributed by atoms with Crippen LogP contribution < -0.4 is 4.74 Å². The van der Waals surface area contributed by atoms with Crippen LogP contribution in [0.5, 0.6) is 5.88 Å². The molecule has 2 heterocycles. The van der Waals surface area contributed by atoms with Gasteiger partial charge in [-0.25, -0.2) is 14.4 Å². The zero-order chi connectivity index (χ0) is 42.9. The molecule has 0 bridgehead atoms. The van der Waals surface area contributed by atoms with E-state index in [4.69, 9.17) is 23.7 Å². The average Bonchev–Trinajstić information content (AvgIpc) is 3.68. The summed E-state index contributed by atoms with van der Waals surface area (Å²) in [5.41, 5.74) is 4.81. The smallest absolute Gasteiger partial charge is 0.338 e. The second-order valence-corrected chi connectivity index (χ2v) is 16.0. The number of aromatic amines is 1. The number of ether oxygens (including phenoxy) is 5. The number of ketones is 1. The number of rotatable bonds is 15. The summed E-state index contributed by atoms with van der Waals surface area (Å²) < 4.78 is 32.9. The third kappa shape index (κ3) is 10.5. The highest BCUT2D eigenvalue weighted by Gasteiger charge is 2.53. The maximum Gasteiger partial charge on any atom is 0.338 e. The molecule has 0 saturated carbocycles. The van der Waals surface area contributed by atoms with Crippen molar-refractivity contribution in [3.05, 3.63) is 189 Å². The molecule has 11 nitrogen and oxygen atoms in total. The molecule has 5 aromatic carbocycles. The number of hydrogen-bond acceptors (Lipinski definition) is 10. The molecule has 6 aromatic rings. The number of H-pyrrole nitrogens is 1. The predicted octanol–water partition coefficient (Wildman–Crippen LogP) is 9.50. The van der Waals surface area contributed by atoms with E-state index in [1.54, 1.807) is 121 Å². The van der Waals surface area contributed by atoms with Crippen molar-refractivity contribution in [1.29, 1.82) is 0 Å². The van der Waals surface area contributed by atoms with Gasteiger partial charge in [0.25, 0.3) is 0 Å². The first-order valence-electron chi connectivity index (χ1n) is 20.0. The molecule has 0 amide bonds. The fraction of sp³-hybridized carbons (Fsp3) is 0.245. The minimum absolute atomic E-state index is 0.0184. The van der Waals surface area contributed by atoms with Crippen LogP contribution in [0.2, 0.25) is 0 Å². The quantitative estimate of drug-likeness (QED) is 0.0602. The van der Waals surface area contributed by atoms with Crippen molar-refractivity contribution in [2.45, 2.75) is 64.1 Å². The van der Waals surface area contributed by atoms with Crippen LogP contribution in [0.1, 0.15) is 90.0 Å². The van der Waals surface area contributed by atoms with Gasteiger partial charge in [-0.3, -0.25) is 9.89 Å². The van der Waals surface area contributed by atoms with Gasteiger partial charge in [-0.2, -0.15) is 0 Å². The second-order valence-electron chi connectivity index (χ2n) is 15.1. The Morgan fingerprint density at radius 3 is 1.77 bits per heavy atom. The summed E-state index contributed by atoms with van der Waals surface area (Å²) in [6.07, 6.45) is -5.19. The number of esters is 3. The molecule has 1 saturated heterocycles. The average molecular weight is 886 g/mol. The van der Waals surface area contributed by atoms with E-state index in [1.165, 1.54) is 0 Å². The first-order valence-corrected chi connectivity index (χ1v) is 20.8. The molecule has 0 spiro atoms. The Balaban J connectivity index is 1.33. The van der Waals surface area contributed by atoms with E-state index in [2.05, 4.69) is 26.1 Å². The summed E-state index contributed by atoms with van der Waals surface area (Å²) in [7, 11) is 0. The van der Waals surface area contributed by atoms with Crippen LogP contribution in [-0.2, 0) is 25.4 Å². The maximum atomic E-state index is 14.2. The summed E-state index contributed by atoms with van der Waals surface area (Å²) >= 11 is 3.56. The molecule has 1 aromatic heterocycles. The molecule has 0 unspecified atom stereocenters. The normalized spacial score (nSPS) is 18.5. The molecule has 1 aliphatic heterocycles. The van der Waals surface area contributed by atoms with E-state index in [0.29, 0.717) is 12.0 Å². The van der Waals surface area contributed by atoms with E-state index in [1.807, 2.05) is 39.0 Å². The third-order valence-corrected chi connectivity index (χ3v) is 11.0. The lowest BCUT2D eigenvalue weighted by Crippen LogP contribution is -2.60. The molecule has 0 radical (unpaired) electrons. The van der Waals surface area contributed by atoms with E-state index in [-0.39, 0.29) is 40.7 Å². The van der Waals surface area contributed by atoms with Crippen LogP contribution >= 0.6 is 15.9 Å². The van der Waals surface area contributed by atoms with Gasteiger partial charge in [-0.15, -0.1) is 5.10 Å². The van der Waals surface area contributed by atoms with Gasteiger partial charge in [0, 0.05) is 34.1 Å². The molecule has 12 heteroatoms. The van der Waals surface area contributed by atoms with Crippen molar-refractivity contribution in [3.8, 4) is 5.88 Å². The highest BCUT2D eigenvalue weighted by Crippen LogP contribution is 2.38. The molecular weight excluding hydrogens is 840 g/mol. The maximum absolute atomic E-state index is 14.2. The van der Waals surface area contributed by atoms with Gasteiger partial charge in [-0.1, -0.05) is 121 Å². The first-order chi connectivity index (χ1) is 29.5. The monoisotopic (exact) mass is 884 g/mol. The van der Waals surface area contributed by atoms with Crippen molar-refractivity contribution in [2.75, 3.05) is 6.61 Å². The standard InChI is InChI=1S/C49H45BrN2O9/c1-30(2)42-38(27-36-24-25-37(50)26-31(36)3)45(52-51-42)61-49-39(28-40(53)32-16-8-4-9-17-32)43(59-47(55)34-20-12-6-13-21-34)44(60-48(56)35-22-14-7-15-23-35)41(58-49)29-57-46(54)33-18-10-5-11-19-33/h4-26,30,39,41,43-44,49H,27-29H2,1-3H3,(H,51,52)/t39-,41-,43-,44-,49+/m1/s1. The second kappa shape index (κ2) is 19.8. The minimum atomic E-state index is -1.40. The Hall–Kier alpha value is -6.37. The molecule has 0 aliphatic carbocycles. The first kappa shape index (κ1) is 42.7. The van der Waals surface area contributed by atoms with Crippen LogP contribution in [-0.4, -0.2) is 65.1 Å². The number of aromatic nitrogens is 2. The number of carbonyl (C=O) groups excluding carboxylic acids is 4. The van der Waals surface area contributed by atoms with Gasteiger partial charge in [0.2, 0.25) is 12.2 Å². The van der Waals surface area contributed by atoms with Crippen LogP contribution in [0.15, 0.2) is 144 Å². The zero-order valence-corrected chi connectivity index (χ0v) is 35.4. The zero-order valence-electron chi connectivity index (χ0n) is 33.9. The lowest BCUT2D eigenvalue weighted by Gasteiger charge is -2.44. The van der Waals surface area contributed by atoms with E-state index in [9.17, 15) is 19.2 Å². The summed E-state index contributed by atoms with van der Waals surface area (Å²) in [6.45, 7) is 5.65. The number of carbonyl (C=O) groups is 4. The molecule has 5 atom stereocenters. The van der Waals surface area contributed by atoms with Crippen molar-refractivity contribution >= 4 is 39.6 Å². The topological polar surface area (TPSA) is 143 Å². The van der Waals surface area contributed by atoms with Crippen LogP contribution in [0.25, 0.3) is 0 Å². The van der Waals surface area contributed by atoms with E-state index >= 15 is 0 Å². The molecular formula is C49H45BrN2O9. The van der Waals surface area contributed by atoms with Gasteiger partial charge in [-0.05, 0) is 72.5 Å². The largest absolute Gasteiger partial charge is 0.459 e. The fourth-order valence-corrected chi connectivity index (χ4v) is 7.76. The van der Waals surface area contributed by atoms with Crippen molar-refractivity contribution in [1.82, 2.24) is 10.2 Å². The number of hydrogen-bond donors (Lipinski definition) is 1. The minimum Gasteiger partial charge on any atom is -0.459 e. The summed E-state index contributed by atoms with van der Waals surface area (Å²) in [5, 5.41) is 7.78. The number of nitrogens with one attached hydrogen (secondary N) is 1. The Morgan fingerprint density at radius 1 is 0.705 bits per heavy atom. The Kier molecular flexibility index (Phi) is 13.9. The lowest BCUT2D eigenvalue weighted by molar-refractivity contribution is -0.259. The number of benzene rings is 5. The SMILES string of the molecule is Cc1cc(Br)ccc1Cc1c(O[C@@H]2O[C@H](COC(=O)c3ccccc3)[C@@H](OC(=O)c3ccccc3)[C@H](OC(=O)c3ccccc3)[C@H]2CC(=O)c2ccccc2)n[nH]c1C(C)C. The third-order valence-electron chi connectivity index (χ3n) is 10.5. The summed E-state index contributed by atoms with van der Waals surface area (Å²) in [4.78, 5) is 55.6. The van der Waals surface area contributed by atoms with Gasteiger partial charge < -0.3 is 23.7 Å². The molecule has 1 aliphatic rings. The van der Waals surface area contributed by atoms with Crippen LogP contribution in [0.3, 0.4) is 0 Å². The van der Waals surface area contributed by atoms with Crippen LogP contribution in [0.4, 0.5) is 0 Å². The van der Waals surface area contributed by atoms with Gasteiger partial charge in [0.1, 0.15) is 12.7 Å². The molecule has 61 heavy (non-hydrogen) atoms. The summed E-state index contributed by atoms with van der Waals surface area (Å²) in [5.74, 6) is -3.31. The van der Waals surface area contributed by atoms with E-state index < -0.39 is 55.0 Å². The molecule has 312 valence electrons. The highest BCUT2D eigenvalue weighted by atomic mass is 79.9. The lowest BCUT2D eigenvalue weighted by atomic mass is 9.85. The highest BCUT2D eigenvalue weighted by molar-refractivity contribution is 9.10. The van der Waals surface area contributed by atoms with Crippen molar-refractivity contribution in [3.63, 3.8) is 0 Å². The van der Waals surface area contributed by atoms with Gasteiger partial charge >= 0.3 is 17.9 Å². The van der Waals surface area contributed by atoms with Gasteiger partial charge in [0.05, 0.1) is 22.6 Å². The Labute approximate surface area is 362 Å². The number of halogens is 1. The van der Waals surface area contributed by atoms with Gasteiger partial charge in [0.15, 0.2) is 18.0 Å². The summed E-state index contributed by atoms with van der Waals surface area (Å²) in [6, 6.07) is 39.8. The van der Waals surface area contributed by atoms with Crippen molar-refractivity contribution < 1.29 is 42.9 Å². The Bertz CT molecular complexity index is 2440. The van der Waals surface area contributed by atoms with E-state index in [0.717, 1.165) is 26.9 Å². The molecule has 7 rings (SSSR count). The Morgan fingerprint density at radius 2 is 1.23 bits per heavy atom. The number of nitrogens with zero attached hydrogens (tertiary/aromatic N) is 1. The molecule has 1 fully saturated rings. The van der Waals surface area contributed by atoms with Crippen LogP contribution in [0, 0.1) is 12.8 Å². The predicted molar refractivity (Wildman–Crippen MR) is 231 cm³/mol. The fourth-order valence-electron chi connectivity index (χ4n) is 7.29. The van der Waals surface area contributed by atoms with Crippen molar-refractivity contribution in [2.24, 2.45) is 5.92 Å².